The summed E-state index contributed by atoms with van der Waals surface area (Å²) in [7, 11) is -2.91. The van der Waals surface area contributed by atoms with E-state index in [1.807, 2.05) is 0 Å². The van der Waals surface area contributed by atoms with E-state index in [1.54, 1.807) is 0 Å². The molecule has 0 unspecified atom stereocenters. The van der Waals surface area contributed by atoms with Crippen molar-refractivity contribution in [2.24, 2.45) is 0 Å². The summed E-state index contributed by atoms with van der Waals surface area (Å²) in [5.41, 5.74) is 11.6. The summed E-state index contributed by atoms with van der Waals surface area (Å²) >= 11 is 0. The van der Waals surface area contributed by atoms with E-state index in [-0.39, 0.29) is 0 Å². The molecule has 0 spiro atoms. The lowest BCUT2D eigenvalue weighted by Crippen LogP contribution is -2.74. The molecule has 0 atom stereocenters. The van der Waals surface area contributed by atoms with Crippen LogP contribution in [0.2, 0.25) is 0 Å². The largest absolute Gasteiger partial charge is 0.309 e. The minimum Gasteiger partial charge on any atom is -0.309 e. The number of nitrogens with zero attached hydrogens (tertiary/aromatic N) is 5. The zero-order chi connectivity index (χ0) is 49.7. The van der Waals surface area contributed by atoms with E-state index in [0.29, 0.717) is 17.6 Å². The van der Waals surface area contributed by atoms with Crippen LogP contribution in [0.15, 0.2) is 285 Å². The SMILES string of the molecule is c1ccc(-c2cc(-c3ccccc3)cc(-c3nc(-c4cccc([Si](c5ccccc5)(c5ccccc5)c5ccccc5)c4)nc(-n4c5ccccc5c5cc(-n6c7ccccc7c7ccccc76)ccc54)n3)c2)cc1. The van der Waals surface area contributed by atoms with E-state index < -0.39 is 8.07 Å². The summed E-state index contributed by atoms with van der Waals surface area (Å²) < 4.78 is 4.62. The molecule has 0 saturated carbocycles. The number of aromatic nitrogens is 5. The van der Waals surface area contributed by atoms with Crippen molar-refractivity contribution in [1.29, 1.82) is 0 Å². The summed E-state index contributed by atoms with van der Waals surface area (Å²) in [6.45, 7) is 0. The first-order valence-electron chi connectivity index (χ1n) is 25.5. The topological polar surface area (TPSA) is 48.5 Å². The molecule has 6 heteroatoms. The van der Waals surface area contributed by atoms with E-state index in [1.165, 1.54) is 42.6 Å². The third kappa shape index (κ3) is 7.49. The van der Waals surface area contributed by atoms with Gasteiger partial charge in [0.25, 0.3) is 0 Å². The maximum atomic E-state index is 5.58. The Hall–Kier alpha value is -9.75. The lowest BCUT2D eigenvalue weighted by Gasteiger charge is -2.34. The molecule has 352 valence electrons. The van der Waals surface area contributed by atoms with E-state index in [2.05, 4.69) is 294 Å². The van der Waals surface area contributed by atoms with E-state index in [0.717, 1.165) is 60.9 Å². The van der Waals surface area contributed by atoms with Crippen LogP contribution >= 0.6 is 0 Å². The second kappa shape index (κ2) is 18.4. The quantitative estimate of drug-likeness (QED) is 0.101. The Bertz CT molecular complexity index is 4190. The average molecular weight is 974 g/mol. The zero-order valence-electron chi connectivity index (χ0n) is 40.9. The van der Waals surface area contributed by atoms with E-state index in [9.17, 15) is 0 Å². The first kappa shape index (κ1) is 44.0. The lowest BCUT2D eigenvalue weighted by atomic mass is 9.96. The van der Waals surface area contributed by atoms with Crippen LogP contribution in [0.1, 0.15) is 0 Å². The van der Waals surface area contributed by atoms with Gasteiger partial charge in [0.1, 0.15) is 0 Å². The van der Waals surface area contributed by atoms with Crippen LogP contribution in [0.5, 0.6) is 0 Å². The molecular formula is C69H47N5Si. The van der Waals surface area contributed by atoms with Gasteiger partial charge in [0.15, 0.2) is 19.7 Å². The summed E-state index contributed by atoms with van der Waals surface area (Å²) in [5.74, 6) is 1.72. The second-order valence-electron chi connectivity index (χ2n) is 19.2. The average Bonchev–Trinajstić information content (AvgIpc) is 4.04. The van der Waals surface area contributed by atoms with Crippen LogP contribution in [-0.4, -0.2) is 32.2 Å². The van der Waals surface area contributed by atoms with Crippen LogP contribution < -0.4 is 20.7 Å². The smallest absolute Gasteiger partial charge is 0.238 e. The Morgan fingerprint density at radius 1 is 0.240 bits per heavy atom. The van der Waals surface area contributed by atoms with E-state index >= 15 is 0 Å². The predicted octanol–water partition coefficient (Wildman–Crippen LogP) is 14.1. The van der Waals surface area contributed by atoms with Gasteiger partial charge in [0, 0.05) is 38.4 Å². The molecule has 14 aromatic rings. The molecule has 0 saturated heterocycles. The van der Waals surface area contributed by atoms with Crippen molar-refractivity contribution in [3.05, 3.63) is 285 Å². The summed E-state index contributed by atoms with van der Waals surface area (Å²) in [6.07, 6.45) is 0. The second-order valence-corrected chi connectivity index (χ2v) is 23.0. The van der Waals surface area contributed by atoms with Gasteiger partial charge >= 0.3 is 0 Å². The van der Waals surface area contributed by atoms with E-state index in [4.69, 9.17) is 15.0 Å². The molecule has 75 heavy (non-hydrogen) atoms. The lowest BCUT2D eigenvalue weighted by molar-refractivity contribution is 0.953. The van der Waals surface area contributed by atoms with Gasteiger partial charge in [0.05, 0.1) is 22.1 Å². The molecule has 14 rings (SSSR count). The van der Waals surface area contributed by atoms with Gasteiger partial charge in [-0.25, -0.2) is 4.98 Å². The van der Waals surface area contributed by atoms with Crippen molar-refractivity contribution in [3.8, 4) is 56.7 Å². The normalized spacial score (nSPS) is 11.7. The molecular weight excluding hydrogens is 927 g/mol. The first-order chi connectivity index (χ1) is 37.2. The van der Waals surface area contributed by atoms with Crippen LogP contribution in [0.25, 0.3) is 100 Å². The first-order valence-corrected chi connectivity index (χ1v) is 27.5. The highest BCUT2D eigenvalue weighted by atomic mass is 28.3. The van der Waals surface area contributed by atoms with Crippen LogP contribution in [-0.2, 0) is 0 Å². The number of fused-ring (bicyclic) bond motifs is 6. The van der Waals surface area contributed by atoms with Gasteiger partial charge < -0.3 is 4.57 Å². The van der Waals surface area contributed by atoms with Crippen molar-refractivity contribution in [3.63, 3.8) is 0 Å². The molecule has 0 aliphatic rings. The molecule has 3 aromatic heterocycles. The molecule has 0 radical (unpaired) electrons. The fourth-order valence-electron chi connectivity index (χ4n) is 11.5. The predicted molar refractivity (Wildman–Crippen MR) is 314 cm³/mol. The molecule has 0 aliphatic carbocycles. The van der Waals surface area contributed by atoms with Gasteiger partial charge in [-0.1, -0.05) is 231 Å². The molecule has 5 nitrogen and oxygen atoms in total. The monoisotopic (exact) mass is 973 g/mol. The standard InChI is InChI=1S/C69H47N5Si/c1-6-23-48(24-7-1)51-43-52(49-25-8-2-9-26-49)45-53(44-51)68-70-67(50-27-22-34-58(46-50)75(55-28-10-3-11-29-55,56-30-12-4-13-31-56)57-32-14-5-15-33-57)71-69(72-68)74-65-40-21-18-37-61(65)62-47-54(41-42-66(62)74)73-63-38-19-16-35-59(63)60-36-17-20-39-64(60)73/h1-47H. The Morgan fingerprint density at radius 3 is 1.15 bits per heavy atom. The van der Waals surface area contributed by atoms with Crippen molar-refractivity contribution < 1.29 is 0 Å². The fraction of sp³-hybridized carbons (Fsp3) is 0. The molecule has 0 N–H and O–H groups in total. The number of hydrogen-bond acceptors (Lipinski definition) is 3. The summed E-state index contributed by atoms with van der Waals surface area (Å²) in [5, 5.41) is 9.81. The highest BCUT2D eigenvalue weighted by Gasteiger charge is 2.41. The molecule has 0 bridgehead atoms. The highest BCUT2D eigenvalue weighted by molar-refractivity contribution is 7.19. The Morgan fingerprint density at radius 2 is 0.627 bits per heavy atom. The van der Waals surface area contributed by atoms with Crippen LogP contribution in [0, 0.1) is 0 Å². The van der Waals surface area contributed by atoms with Gasteiger partial charge in [0.2, 0.25) is 5.95 Å². The van der Waals surface area contributed by atoms with Crippen molar-refractivity contribution in [2.45, 2.75) is 0 Å². The van der Waals surface area contributed by atoms with Crippen molar-refractivity contribution >= 4 is 72.4 Å². The number of hydrogen-bond donors (Lipinski definition) is 0. The maximum absolute atomic E-state index is 5.58. The Labute approximate surface area is 436 Å². The minimum absolute atomic E-state index is 0.542. The number of benzene rings is 11. The van der Waals surface area contributed by atoms with Gasteiger partial charge in [-0.2, -0.15) is 9.97 Å². The third-order valence-electron chi connectivity index (χ3n) is 14.9. The summed E-state index contributed by atoms with van der Waals surface area (Å²) in [4.78, 5) is 16.7. The van der Waals surface area contributed by atoms with Crippen LogP contribution in [0.4, 0.5) is 0 Å². The minimum atomic E-state index is -2.91. The molecule has 0 fully saturated rings. The fourth-order valence-corrected chi connectivity index (χ4v) is 16.3. The molecule has 0 aliphatic heterocycles. The number of para-hydroxylation sites is 3. The van der Waals surface area contributed by atoms with Gasteiger partial charge in [-0.3, -0.25) is 4.57 Å². The van der Waals surface area contributed by atoms with Crippen molar-refractivity contribution in [2.75, 3.05) is 0 Å². The zero-order valence-corrected chi connectivity index (χ0v) is 41.9. The van der Waals surface area contributed by atoms with Crippen LogP contribution in [0.3, 0.4) is 0 Å². The Kier molecular flexibility index (Phi) is 10.8. The summed E-state index contributed by atoms with van der Waals surface area (Å²) in [6, 6.07) is 103. The van der Waals surface area contributed by atoms with Crippen molar-refractivity contribution in [1.82, 2.24) is 24.1 Å². The molecule has 0 amide bonds. The molecule has 3 heterocycles. The van der Waals surface area contributed by atoms with Gasteiger partial charge in [-0.05, 0) is 97.6 Å². The highest BCUT2D eigenvalue weighted by Crippen LogP contribution is 2.38. The van der Waals surface area contributed by atoms with Gasteiger partial charge in [-0.15, -0.1) is 0 Å². The Balaban J connectivity index is 1.03. The third-order valence-corrected chi connectivity index (χ3v) is 19.7. The molecule has 11 aromatic carbocycles. The number of rotatable bonds is 10. The maximum Gasteiger partial charge on any atom is 0.238 e.